The molecule has 0 unspecified atom stereocenters. The number of carbonyl (C=O) groups is 1. The Morgan fingerprint density at radius 3 is 2.36 bits per heavy atom. The minimum absolute atomic E-state index is 0.113. The summed E-state index contributed by atoms with van der Waals surface area (Å²) in [7, 11) is 0. The molecule has 1 heterocycles. The molecule has 5 nitrogen and oxygen atoms in total. The number of carbonyl (C=O) groups excluding carboxylic acids is 1. The maximum atomic E-state index is 12.9. The summed E-state index contributed by atoms with van der Waals surface area (Å²) in [5.74, 6) is 0. The maximum absolute atomic E-state index is 12.9. The van der Waals surface area contributed by atoms with E-state index in [1.54, 1.807) is 18.2 Å². The monoisotopic (exact) mass is 501 g/mol. The van der Waals surface area contributed by atoms with Gasteiger partial charge in [0.1, 0.15) is 0 Å². The summed E-state index contributed by atoms with van der Waals surface area (Å²) in [5.41, 5.74) is 0.768. The van der Waals surface area contributed by atoms with Crippen LogP contribution in [0.2, 0.25) is 10.0 Å². The lowest BCUT2D eigenvalue weighted by molar-refractivity contribution is -0.137. The van der Waals surface area contributed by atoms with Gasteiger partial charge in [0, 0.05) is 24.1 Å². The van der Waals surface area contributed by atoms with Gasteiger partial charge in [0.25, 0.3) is 0 Å². The Balaban J connectivity index is 1.72. The summed E-state index contributed by atoms with van der Waals surface area (Å²) < 4.78 is 38.6. The lowest BCUT2D eigenvalue weighted by Crippen LogP contribution is -2.50. The van der Waals surface area contributed by atoms with Crippen LogP contribution in [-0.4, -0.2) is 34.8 Å². The Morgan fingerprint density at radius 1 is 1.12 bits per heavy atom. The van der Waals surface area contributed by atoms with Gasteiger partial charge < -0.3 is 15.1 Å². The molecule has 178 valence electrons. The minimum Gasteiger partial charge on any atom is -0.390 e. The second kappa shape index (κ2) is 9.81. The summed E-state index contributed by atoms with van der Waals surface area (Å²) in [6, 6.07) is 9.54. The molecule has 1 N–H and O–H groups in total. The van der Waals surface area contributed by atoms with Crippen LogP contribution in [0, 0.1) is 0 Å². The molecule has 1 aliphatic rings. The highest BCUT2D eigenvalue weighted by Gasteiger charge is 2.31. The normalized spacial score (nSPS) is 16.2. The molecule has 0 fully saturated rings. The molecule has 0 aliphatic carbocycles. The van der Waals surface area contributed by atoms with E-state index in [0.717, 1.165) is 17.7 Å². The van der Waals surface area contributed by atoms with E-state index in [-0.39, 0.29) is 19.1 Å². The summed E-state index contributed by atoms with van der Waals surface area (Å²) >= 11 is 12.1. The summed E-state index contributed by atoms with van der Waals surface area (Å²) in [4.78, 5) is 20.0. The lowest BCUT2D eigenvalue weighted by Gasteiger charge is -2.29. The Bertz CT molecular complexity index is 1030. The van der Waals surface area contributed by atoms with E-state index in [9.17, 15) is 18.0 Å². The zero-order valence-corrected chi connectivity index (χ0v) is 19.9. The second-order valence-corrected chi connectivity index (χ2v) is 9.67. The largest absolute Gasteiger partial charge is 0.416 e. The molecule has 1 aliphatic heterocycles. The van der Waals surface area contributed by atoms with Crippen molar-refractivity contribution in [3.63, 3.8) is 0 Å². The second-order valence-electron chi connectivity index (χ2n) is 8.85. The number of alkyl halides is 3. The van der Waals surface area contributed by atoms with Crippen molar-refractivity contribution >= 4 is 34.9 Å². The number of nitrogens with one attached hydrogen (secondary N) is 1. The van der Waals surface area contributed by atoms with Crippen LogP contribution in [0.15, 0.2) is 47.6 Å². The van der Waals surface area contributed by atoms with Gasteiger partial charge >= 0.3 is 12.2 Å². The van der Waals surface area contributed by atoms with Crippen molar-refractivity contribution in [2.45, 2.75) is 51.6 Å². The molecule has 0 radical (unpaired) electrons. The number of benzene rings is 2. The van der Waals surface area contributed by atoms with Crippen LogP contribution < -0.4 is 5.32 Å². The Labute approximate surface area is 200 Å². The molecule has 2 amide bonds. The van der Waals surface area contributed by atoms with Gasteiger partial charge in [-0.05, 0) is 50.6 Å². The first kappa shape index (κ1) is 25.2. The summed E-state index contributed by atoms with van der Waals surface area (Å²) in [5, 5.41) is 7.84. The lowest BCUT2D eigenvalue weighted by atomic mass is 10.0. The number of rotatable bonds is 5. The fourth-order valence-electron chi connectivity index (χ4n) is 3.26. The highest BCUT2D eigenvalue weighted by molar-refractivity contribution is 6.42. The van der Waals surface area contributed by atoms with Gasteiger partial charge in [-0.15, -0.1) is 0 Å². The Hall–Kier alpha value is -2.45. The fraction of sp³-hybridized carbons (Fsp3) is 0.391. The van der Waals surface area contributed by atoms with Crippen LogP contribution in [0.25, 0.3) is 0 Å². The van der Waals surface area contributed by atoms with E-state index >= 15 is 0 Å². The maximum Gasteiger partial charge on any atom is 0.416 e. The zero-order valence-electron chi connectivity index (χ0n) is 18.3. The highest BCUT2D eigenvalue weighted by atomic mass is 35.5. The first-order chi connectivity index (χ1) is 15.3. The van der Waals surface area contributed by atoms with E-state index in [2.05, 4.69) is 10.5 Å². The molecule has 10 heteroatoms. The van der Waals surface area contributed by atoms with Gasteiger partial charge in [0.05, 0.1) is 27.9 Å². The number of nitrogens with zero attached hydrogens (tertiary/aromatic N) is 2. The van der Waals surface area contributed by atoms with Crippen molar-refractivity contribution in [2.75, 3.05) is 6.54 Å². The van der Waals surface area contributed by atoms with E-state index in [1.807, 2.05) is 20.8 Å². The van der Waals surface area contributed by atoms with Gasteiger partial charge in [-0.1, -0.05) is 46.6 Å². The Kier molecular flexibility index (Phi) is 7.49. The van der Waals surface area contributed by atoms with E-state index in [0.29, 0.717) is 27.7 Å². The van der Waals surface area contributed by atoms with Crippen LogP contribution in [0.4, 0.5) is 18.0 Å². The standard InChI is InChI=1S/C23H24Cl2F3N3O2/c1-22(2,3)29-21(32)31(12-14-4-7-16(8-5-14)23(26,27)28)13-17-11-20(30-33-17)15-6-9-18(24)19(25)10-15/h4-10,17H,11-13H2,1-3H3,(H,29,32)/t17-/m0/s1. The third-order valence-corrected chi connectivity index (χ3v) is 5.57. The topological polar surface area (TPSA) is 53.9 Å². The van der Waals surface area contributed by atoms with Gasteiger partial charge in [-0.3, -0.25) is 0 Å². The molecule has 1 atom stereocenters. The van der Waals surface area contributed by atoms with E-state index in [1.165, 1.54) is 17.0 Å². The molecule has 3 rings (SSSR count). The van der Waals surface area contributed by atoms with E-state index in [4.69, 9.17) is 28.0 Å². The number of hydrogen-bond donors (Lipinski definition) is 1. The molecule has 33 heavy (non-hydrogen) atoms. The van der Waals surface area contributed by atoms with Crippen molar-refractivity contribution in [1.82, 2.24) is 10.2 Å². The zero-order chi connectivity index (χ0) is 24.4. The van der Waals surface area contributed by atoms with Gasteiger partial charge in [-0.2, -0.15) is 13.2 Å². The number of amides is 2. The third-order valence-electron chi connectivity index (χ3n) is 4.83. The number of halogens is 5. The van der Waals surface area contributed by atoms with Crippen LogP contribution in [0.1, 0.15) is 43.9 Å². The van der Waals surface area contributed by atoms with Crippen molar-refractivity contribution in [1.29, 1.82) is 0 Å². The van der Waals surface area contributed by atoms with Gasteiger partial charge in [0.2, 0.25) is 0 Å². The average Bonchev–Trinajstić information content (AvgIpc) is 3.16. The van der Waals surface area contributed by atoms with Crippen LogP contribution in [-0.2, 0) is 17.6 Å². The van der Waals surface area contributed by atoms with Crippen molar-refractivity contribution in [3.05, 3.63) is 69.2 Å². The van der Waals surface area contributed by atoms with Gasteiger partial charge in [-0.25, -0.2) is 4.79 Å². The molecular weight excluding hydrogens is 478 g/mol. The van der Waals surface area contributed by atoms with Crippen LogP contribution in [0.5, 0.6) is 0 Å². The molecule has 0 saturated carbocycles. The number of urea groups is 1. The molecule has 2 aromatic carbocycles. The van der Waals surface area contributed by atoms with Gasteiger partial charge in [0.15, 0.2) is 6.10 Å². The number of oxime groups is 1. The molecular formula is C23H24Cl2F3N3O2. The van der Waals surface area contributed by atoms with Crippen LogP contribution in [0.3, 0.4) is 0 Å². The van der Waals surface area contributed by atoms with E-state index < -0.39 is 23.4 Å². The first-order valence-electron chi connectivity index (χ1n) is 10.2. The Morgan fingerprint density at radius 2 is 1.79 bits per heavy atom. The molecule has 0 bridgehead atoms. The fourth-order valence-corrected chi connectivity index (χ4v) is 3.55. The molecule has 0 saturated heterocycles. The third kappa shape index (κ3) is 7.01. The van der Waals surface area contributed by atoms with Crippen LogP contribution >= 0.6 is 23.2 Å². The summed E-state index contributed by atoms with van der Waals surface area (Å²) in [6.07, 6.45) is -4.41. The molecule has 0 aromatic heterocycles. The smallest absolute Gasteiger partial charge is 0.390 e. The quantitative estimate of drug-likeness (QED) is 0.507. The van der Waals surface area contributed by atoms with Crippen molar-refractivity contribution in [3.8, 4) is 0 Å². The highest BCUT2D eigenvalue weighted by Crippen LogP contribution is 2.29. The SMILES string of the molecule is CC(C)(C)NC(=O)N(Cc1ccc(C(F)(F)F)cc1)C[C@@H]1CC(c2ccc(Cl)c(Cl)c2)=NO1. The summed E-state index contributed by atoms with van der Waals surface area (Å²) in [6.45, 7) is 5.84. The average molecular weight is 502 g/mol. The van der Waals surface area contributed by atoms with Crippen molar-refractivity contribution < 1.29 is 22.8 Å². The van der Waals surface area contributed by atoms with Crippen molar-refractivity contribution in [2.24, 2.45) is 5.16 Å². The minimum atomic E-state index is -4.42. The molecule has 2 aromatic rings. The first-order valence-corrected chi connectivity index (χ1v) is 11.0. The predicted molar refractivity (Wildman–Crippen MR) is 123 cm³/mol. The number of hydrogen-bond acceptors (Lipinski definition) is 3. The predicted octanol–water partition coefficient (Wildman–Crippen LogP) is 6.52. The molecule has 0 spiro atoms.